The van der Waals surface area contributed by atoms with Crippen LogP contribution >= 0.6 is 0 Å². The van der Waals surface area contributed by atoms with Gasteiger partial charge in [0.25, 0.3) is 5.56 Å². The molecule has 0 aromatic carbocycles. The molecule has 3 N–H and O–H groups in total. The van der Waals surface area contributed by atoms with Crippen molar-refractivity contribution in [1.82, 2.24) is 19.9 Å². The molecular formula is C21H28N6O2. The Bertz CT molecular complexity index is 952. The lowest BCUT2D eigenvalue weighted by molar-refractivity contribution is -0.121. The van der Waals surface area contributed by atoms with Crippen LogP contribution < -0.4 is 21.5 Å². The third kappa shape index (κ3) is 3.83. The summed E-state index contributed by atoms with van der Waals surface area (Å²) in [5, 5.41) is 3.03. The number of carbonyl (C=O) groups is 1. The highest BCUT2D eigenvalue weighted by atomic mass is 16.1. The number of fused-ring (bicyclic) bond motifs is 4. The van der Waals surface area contributed by atoms with Gasteiger partial charge in [-0.1, -0.05) is 13.0 Å². The monoisotopic (exact) mass is 396 g/mol. The molecule has 4 rings (SSSR count). The number of nitrogens with one attached hydrogen (secondary N) is 1. The van der Waals surface area contributed by atoms with E-state index in [1.54, 1.807) is 6.07 Å². The number of anilines is 2. The van der Waals surface area contributed by atoms with E-state index in [2.05, 4.69) is 20.2 Å². The summed E-state index contributed by atoms with van der Waals surface area (Å²) >= 11 is 0. The van der Waals surface area contributed by atoms with E-state index in [-0.39, 0.29) is 35.3 Å². The predicted octanol–water partition coefficient (Wildman–Crippen LogP) is 1.61. The van der Waals surface area contributed by atoms with E-state index in [9.17, 15) is 9.59 Å². The average molecular weight is 396 g/mol. The largest absolute Gasteiger partial charge is 0.368 e. The number of hydrogen-bond acceptors (Lipinski definition) is 6. The fraction of sp³-hybridized carbons (Fsp3) is 0.524. The first-order valence-electron chi connectivity index (χ1n) is 10.3. The lowest BCUT2D eigenvalue weighted by Gasteiger charge is -2.47. The lowest BCUT2D eigenvalue weighted by atomic mass is 9.78. The summed E-state index contributed by atoms with van der Waals surface area (Å²) in [5.41, 5.74) is 7.75. The molecule has 0 aliphatic carbocycles. The molecule has 1 amide bonds. The Balaban J connectivity index is 1.67. The van der Waals surface area contributed by atoms with Gasteiger partial charge in [-0.3, -0.25) is 9.59 Å². The maximum Gasteiger partial charge on any atom is 0.251 e. The normalized spacial score (nSPS) is 22.8. The molecule has 0 saturated carbocycles. The van der Waals surface area contributed by atoms with Crippen molar-refractivity contribution < 1.29 is 4.79 Å². The molecule has 2 bridgehead atoms. The number of carbonyl (C=O) groups excluding carboxylic acids is 1. The summed E-state index contributed by atoms with van der Waals surface area (Å²) in [6, 6.07) is 7.35. The summed E-state index contributed by atoms with van der Waals surface area (Å²) in [5.74, 6) is 1.61. The highest BCUT2D eigenvalue weighted by Gasteiger charge is 2.41. The molecule has 29 heavy (non-hydrogen) atoms. The van der Waals surface area contributed by atoms with Crippen LogP contribution in [0.15, 0.2) is 29.1 Å². The second-order valence-corrected chi connectivity index (χ2v) is 8.10. The fourth-order valence-corrected chi connectivity index (χ4v) is 4.76. The number of piperidine rings is 1. The summed E-state index contributed by atoms with van der Waals surface area (Å²) in [6.45, 7) is 5.91. The smallest absolute Gasteiger partial charge is 0.251 e. The average Bonchev–Trinajstić information content (AvgIpc) is 2.67. The van der Waals surface area contributed by atoms with Crippen LogP contribution in [0, 0.1) is 12.8 Å². The van der Waals surface area contributed by atoms with Gasteiger partial charge >= 0.3 is 0 Å². The van der Waals surface area contributed by atoms with E-state index in [1.807, 2.05) is 36.6 Å². The number of hydrogen-bond donors (Lipinski definition) is 2. The van der Waals surface area contributed by atoms with Gasteiger partial charge in [-0.2, -0.15) is 4.98 Å². The molecule has 0 unspecified atom stereocenters. The third-order valence-corrected chi connectivity index (χ3v) is 5.97. The zero-order valence-corrected chi connectivity index (χ0v) is 17.0. The van der Waals surface area contributed by atoms with Gasteiger partial charge in [-0.25, -0.2) is 4.98 Å². The lowest BCUT2D eigenvalue weighted by Crippen LogP contribution is -2.52. The maximum absolute atomic E-state index is 12.7. The van der Waals surface area contributed by atoms with Crippen molar-refractivity contribution in [1.29, 1.82) is 0 Å². The van der Waals surface area contributed by atoms with Crippen LogP contribution in [-0.4, -0.2) is 40.1 Å². The highest BCUT2D eigenvalue weighted by molar-refractivity contribution is 5.75. The predicted molar refractivity (Wildman–Crippen MR) is 112 cm³/mol. The van der Waals surface area contributed by atoms with Gasteiger partial charge in [0.15, 0.2) is 0 Å². The van der Waals surface area contributed by atoms with E-state index >= 15 is 0 Å². The molecule has 2 aliphatic rings. The van der Waals surface area contributed by atoms with Gasteiger partial charge in [0.05, 0.1) is 6.04 Å². The number of pyridine rings is 1. The van der Waals surface area contributed by atoms with Gasteiger partial charge < -0.3 is 20.5 Å². The Morgan fingerprint density at radius 1 is 1.31 bits per heavy atom. The summed E-state index contributed by atoms with van der Waals surface area (Å²) in [7, 11) is 0. The molecule has 154 valence electrons. The standard InChI is InChI=1S/C21H28N6O2/c1-3-5-19(28)23-10-17-15-9-14(16-6-4-7-20(29)27(16)17)11-26(12-15)18-8-13(2)24-21(22)25-18/h4,6-8,14-15,17H,3,5,9-12H2,1-2H3,(H,23,28)(H2,22,24,25)/t14-,15+,17+/m1/s1. The number of nitrogen functional groups attached to an aromatic ring is 1. The maximum atomic E-state index is 12.7. The van der Waals surface area contributed by atoms with E-state index < -0.39 is 0 Å². The van der Waals surface area contributed by atoms with Crippen molar-refractivity contribution in [2.45, 2.75) is 45.1 Å². The number of nitrogens with zero attached hydrogens (tertiary/aromatic N) is 4. The van der Waals surface area contributed by atoms with Crippen molar-refractivity contribution >= 4 is 17.7 Å². The van der Waals surface area contributed by atoms with Gasteiger partial charge in [0.2, 0.25) is 11.9 Å². The Morgan fingerprint density at radius 3 is 2.90 bits per heavy atom. The van der Waals surface area contributed by atoms with Crippen molar-refractivity contribution in [3.8, 4) is 0 Å². The Labute approximate surface area is 170 Å². The second-order valence-electron chi connectivity index (χ2n) is 8.10. The summed E-state index contributed by atoms with van der Waals surface area (Å²) in [4.78, 5) is 35.6. The minimum atomic E-state index is -0.0705. The van der Waals surface area contributed by atoms with E-state index in [0.29, 0.717) is 13.0 Å². The highest BCUT2D eigenvalue weighted by Crippen LogP contribution is 2.41. The number of rotatable bonds is 5. The second kappa shape index (κ2) is 7.85. The van der Waals surface area contributed by atoms with Crippen molar-refractivity contribution in [2.75, 3.05) is 30.3 Å². The zero-order chi connectivity index (χ0) is 20.5. The molecule has 8 heteroatoms. The molecule has 1 fully saturated rings. The molecule has 8 nitrogen and oxygen atoms in total. The van der Waals surface area contributed by atoms with Crippen LogP contribution in [0.4, 0.5) is 11.8 Å². The first-order valence-corrected chi connectivity index (χ1v) is 10.3. The fourth-order valence-electron chi connectivity index (χ4n) is 4.76. The molecule has 1 saturated heterocycles. The number of amides is 1. The Morgan fingerprint density at radius 2 is 2.14 bits per heavy atom. The van der Waals surface area contributed by atoms with Crippen LogP contribution in [0.5, 0.6) is 0 Å². The number of aryl methyl sites for hydroxylation is 1. The first-order chi connectivity index (χ1) is 14.0. The number of aromatic nitrogens is 3. The minimum absolute atomic E-state index is 0.00233. The minimum Gasteiger partial charge on any atom is -0.368 e. The molecule has 3 atom stereocenters. The van der Waals surface area contributed by atoms with Crippen LogP contribution in [0.25, 0.3) is 0 Å². The van der Waals surface area contributed by atoms with Gasteiger partial charge in [-0.15, -0.1) is 0 Å². The molecule has 2 aromatic rings. The van der Waals surface area contributed by atoms with E-state index in [1.165, 1.54) is 0 Å². The molecule has 4 heterocycles. The Kier molecular flexibility index (Phi) is 5.25. The molecule has 2 aliphatic heterocycles. The zero-order valence-electron chi connectivity index (χ0n) is 17.0. The van der Waals surface area contributed by atoms with Crippen molar-refractivity contribution in [3.63, 3.8) is 0 Å². The molecule has 0 spiro atoms. The topological polar surface area (TPSA) is 106 Å². The molecule has 2 aromatic heterocycles. The third-order valence-electron chi connectivity index (χ3n) is 5.97. The summed E-state index contributed by atoms with van der Waals surface area (Å²) < 4.78 is 1.90. The molecular weight excluding hydrogens is 368 g/mol. The Hall–Kier alpha value is -2.90. The van der Waals surface area contributed by atoms with Crippen molar-refractivity contribution in [2.24, 2.45) is 5.92 Å². The van der Waals surface area contributed by atoms with Gasteiger partial charge in [0.1, 0.15) is 5.82 Å². The number of nitrogens with two attached hydrogens (primary N) is 1. The van der Waals surface area contributed by atoms with Crippen LogP contribution in [0.3, 0.4) is 0 Å². The van der Waals surface area contributed by atoms with Gasteiger partial charge in [0, 0.05) is 55.5 Å². The van der Waals surface area contributed by atoms with E-state index in [0.717, 1.165) is 43.1 Å². The van der Waals surface area contributed by atoms with Crippen LogP contribution in [0.1, 0.15) is 49.5 Å². The van der Waals surface area contributed by atoms with Crippen LogP contribution in [-0.2, 0) is 4.79 Å². The SMILES string of the molecule is CCCC(=O)NC[C@H]1[C@H]2C[C@H](CN(c3cc(C)nc(N)n3)C2)c2cccc(=O)n21. The summed E-state index contributed by atoms with van der Waals surface area (Å²) in [6.07, 6.45) is 2.30. The van der Waals surface area contributed by atoms with E-state index in [4.69, 9.17) is 5.73 Å². The van der Waals surface area contributed by atoms with Crippen LogP contribution in [0.2, 0.25) is 0 Å². The van der Waals surface area contributed by atoms with Crippen molar-refractivity contribution in [3.05, 3.63) is 46.0 Å². The quantitative estimate of drug-likeness (QED) is 0.795. The first kappa shape index (κ1) is 19.4. The van der Waals surface area contributed by atoms with Gasteiger partial charge in [-0.05, 0) is 31.7 Å². The molecule has 0 radical (unpaired) electrons.